The van der Waals surface area contributed by atoms with E-state index in [0.717, 1.165) is 71.9 Å². The van der Waals surface area contributed by atoms with E-state index < -0.39 is 0 Å². The second kappa shape index (κ2) is 11.3. The number of aromatic nitrogens is 1. The number of halogens is 2. The summed E-state index contributed by atoms with van der Waals surface area (Å²) >= 11 is 6.72. The zero-order valence-corrected chi connectivity index (χ0v) is 24.5. The first kappa shape index (κ1) is 27.4. The van der Waals surface area contributed by atoms with Gasteiger partial charge in [0.15, 0.2) is 0 Å². The van der Waals surface area contributed by atoms with Crippen LogP contribution >= 0.6 is 24.0 Å². The third-order valence-corrected chi connectivity index (χ3v) is 9.54. The van der Waals surface area contributed by atoms with E-state index in [4.69, 9.17) is 21.3 Å². The molecule has 2 aromatic carbocycles. The smallest absolute Gasteiger partial charge is 0.234 e. The van der Waals surface area contributed by atoms with Gasteiger partial charge in [0.25, 0.3) is 0 Å². The molecule has 0 saturated carbocycles. The molecule has 7 rings (SSSR count). The number of benzene rings is 2. The highest BCUT2D eigenvalue weighted by Gasteiger charge is 2.36. The van der Waals surface area contributed by atoms with Gasteiger partial charge in [-0.2, -0.15) is 10.2 Å². The van der Waals surface area contributed by atoms with Crippen molar-refractivity contribution in [3.05, 3.63) is 58.1 Å². The molecular formula is C31H36Cl2N6O. The predicted octanol–water partition coefficient (Wildman–Crippen LogP) is 5.16. The molecule has 0 radical (unpaired) electrons. The summed E-state index contributed by atoms with van der Waals surface area (Å²) in [5, 5.41) is 17.1. The molecule has 0 amide bonds. The van der Waals surface area contributed by atoms with Crippen LogP contribution in [0.2, 0.25) is 5.02 Å². The van der Waals surface area contributed by atoms with Crippen molar-refractivity contribution in [1.82, 2.24) is 15.2 Å². The van der Waals surface area contributed by atoms with E-state index in [2.05, 4.69) is 57.4 Å². The van der Waals surface area contributed by atoms with Crippen molar-refractivity contribution in [3.8, 4) is 11.9 Å². The van der Waals surface area contributed by atoms with Gasteiger partial charge in [-0.3, -0.25) is 0 Å². The number of hydrogen-bond donors (Lipinski definition) is 1. The Morgan fingerprint density at radius 1 is 1.05 bits per heavy atom. The lowest BCUT2D eigenvalue weighted by molar-refractivity contribution is 0.192. The van der Waals surface area contributed by atoms with Gasteiger partial charge in [0.1, 0.15) is 24.1 Å². The maximum Gasteiger partial charge on any atom is 0.234 e. The van der Waals surface area contributed by atoms with Crippen LogP contribution in [0, 0.1) is 11.3 Å². The Labute approximate surface area is 247 Å². The number of pyridine rings is 1. The molecule has 2 bridgehead atoms. The molecule has 3 atom stereocenters. The normalized spacial score (nSPS) is 24.1. The van der Waals surface area contributed by atoms with Crippen LogP contribution in [0.5, 0.6) is 5.88 Å². The minimum absolute atomic E-state index is 0. The van der Waals surface area contributed by atoms with Crippen molar-refractivity contribution in [2.75, 3.05) is 49.6 Å². The van der Waals surface area contributed by atoms with Gasteiger partial charge in [0.05, 0.1) is 5.02 Å². The van der Waals surface area contributed by atoms with Gasteiger partial charge >= 0.3 is 0 Å². The number of nitrogens with one attached hydrogen (secondary N) is 1. The summed E-state index contributed by atoms with van der Waals surface area (Å²) in [5.41, 5.74) is 3.96. The summed E-state index contributed by atoms with van der Waals surface area (Å²) in [7, 11) is 2.15. The van der Waals surface area contributed by atoms with Crippen molar-refractivity contribution in [2.24, 2.45) is 0 Å². The lowest BCUT2D eigenvalue weighted by Crippen LogP contribution is -2.52. The van der Waals surface area contributed by atoms with Crippen molar-refractivity contribution in [2.45, 2.75) is 56.8 Å². The Kier molecular flexibility index (Phi) is 7.71. The van der Waals surface area contributed by atoms with E-state index in [1.165, 1.54) is 24.8 Å². The number of ether oxygens (including phenoxy) is 1. The maximum absolute atomic E-state index is 10.4. The molecule has 5 heterocycles. The summed E-state index contributed by atoms with van der Waals surface area (Å²) in [4.78, 5) is 12.3. The summed E-state index contributed by atoms with van der Waals surface area (Å²) in [6.07, 6.45) is 5.56. The van der Waals surface area contributed by atoms with Crippen LogP contribution in [0.4, 0.5) is 11.5 Å². The largest absolute Gasteiger partial charge is 0.475 e. The second-order valence-electron chi connectivity index (χ2n) is 11.6. The molecule has 9 heteroatoms. The van der Waals surface area contributed by atoms with Crippen molar-refractivity contribution < 1.29 is 4.74 Å². The molecule has 1 aromatic heterocycles. The highest BCUT2D eigenvalue weighted by Crippen LogP contribution is 2.40. The Morgan fingerprint density at radius 3 is 2.55 bits per heavy atom. The average molecular weight is 580 g/mol. The van der Waals surface area contributed by atoms with E-state index in [-0.39, 0.29) is 12.4 Å². The standard InChI is InChI=1S/C31H35ClN6O.ClH/c1-36-13-4-7-23(36)19-39-31-25(15-33)26-18-37(28-9-3-6-20-5-2-8-27(32)29(20)28)14-12-24(26)30(35-31)38-16-21-10-11-22(17-38)34-21;/h2-3,5-6,8-9,21-23,34H,4,7,10-14,16-19H2,1H3;1H. The number of anilines is 2. The summed E-state index contributed by atoms with van der Waals surface area (Å²) in [6.45, 7) is 5.05. The number of rotatable bonds is 5. The van der Waals surface area contributed by atoms with Gasteiger partial charge in [-0.1, -0.05) is 35.9 Å². The molecule has 3 fully saturated rings. The highest BCUT2D eigenvalue weighted by molar-refractivity contribution is 6.36. The third-order valence-electron chi connectivity index (χ3n) is 9.22. The molecule has 4 aliphatic heterocycles. The highest BCUT2D eigenvalue weighted by atomic mass is 35.5. The summed E-state index contributed by atoms with van der Waals surface area (Å²) in [5.74, 6) is 1.52. The molecule has 3 unspecified atom stereocenters. The number of hydrogen-bond acceptors (Lipinski definition) is 7. The lowest BCUT2D eigenvalue weighted by atomic mass is 9.94. The average Bonchev–Trinajstić information content (AvgIpc) is 3.53. The van der Waals surface area contributed by atoms with Gasteiger partial charge in [0, 0.05) is 66.5 Å². The van der Waals surface area contributed by atoms with Gasteiger partial charge in [-0.25, -0.2) is 0 Å². The molecule has 0 aliphatic carbocycles. The lowest BCUT2D eigenvalue weighted by Gasteiger charge is -2.38. The Balaban J connectivity index is 0.00000289. The van der Waals surface area contributed by atoms with Crippen LogP contribution < -0.4 is 19.9 Å². The molecule has 3 saturated heterocycles. The number of nitrogens with zero attached hydrogens (tertiary/aromatic N) is 5. The van der Waals surface area contributed by atoms with Crippen LogP contribution in [0.25, 0.3) is 10.8 Å². The number of nitriles is 1. The molecule has 0 spiro atoms. The number of fused-ring (bicyclic) bond motifs is 4. The van der Waals surface area contributed by atoms with Crippen LogP contribution in [0.15, 0.2) is 36.4 Å². The molecular weight excluding hydrogens is 543 g/mol. The fourth-order valence-corrected chi connectivity index (χ4v) is 7.43. The van der Waals surface area contributed by atoms with Crippen LogP contribution in [-0.2, 0) is 13.0 Å². The Morgan fingerprint density at radius 2 is 1.82 bits per heavy atom. The molecule has 210 valence electrons. The zero-order valence-electron chi connectivity index (χ0n) is 22.9. The summed E-state index contributed by atoms with van der Waals surface area (Å²) in [6, 6.07) is 16.3. The van der Waals surface area contributed by atoms with E-state index in [1.54, 1.807) is 0 Å². The Hall–Kier alpha value is -2.76. The number of likely N-dealkylation sites (tertiary alicyclic amines) is 1. The fraction of sp³-hybridized carbons (Fsp3) is 0.484. The second-order valence-corrected chi connectivity index (χ2v) is 12.0. The number of likely N-dealkylation sites (N-methyl/N-ethyl adjacent to an activating group) is 1. The zero-order chi connectivity index (χ0) is 26.5. The molecule has 3 aromatic rings. The SMILES string of the molecule is CN1CCCC1COc1nc(N2CC3CCC(C2)N3)c2c(c1C#N)CN(c1cccc3cccc(Cl)c13)CC2.Cl. The quantitative estimate of drug-likeness (QED) is 0.448. The van der Waals surface area contributed by atoms with Gasteiger partial charge < -0.3 is 24.8 Å². The number of piperazine rings is 1. The van der Waals surface area contributed by atoms with E-state index >= 15 is 0 Å². The minimum atomic E-state index is 0. The van der Waals surface area contributed by atoms with Gasteiger partial charge in [-0.15, -0.1) is 12.4 Å². The van der Waals surface area contributed by atoms with Crippen molar-refractivity contribution in [3.63, 3.8) is 0 Å². The van der Waals surface area contributed by atoms with Crippen LogP contribution in [0.3, 0.4) is 0 Å². The van der Waals surface area contributed by atoms with Crippen LogP contribution in [-0.4, -0.2) is 67.8 Å². The van der Waals surface area contributed by atoms with Crippen molar-refractivity contribution in [1.29, 1.82) is 5.26 Å². The van der Waals surface area contributed by atoms with E-state index in [9.17, 15) is 5.26 Å². The first-order chi connectivity index (χ1) is 19.1. The van der Waals surface area contributed by atoms with Gasteiger partial charge in [-0.05, 0) is 63.2 Å². The Bertz CT molecular complexity index is 1440. The monoisotopic (exact) mass is 578 g/mol. The van der Waals surface area contributed by atoms with Gasteiger partial charge in [0.2, 0.25) is 5.88 Å². The fourth-order valence-electron chi connectivity index (χ4n) is 7.15. The van der Waals surface area contributed by atoms with Crippen molar-refractivity contribution >= 4 is 46.3 Å². The first-order valence-electron chi connectivity index (χ1n) is 14.3. The van der Waals surface area contributed by atoms with E-state index in [0.29, 0.717) is 42.7 Å². The third kappa shape index (κ3) is 4.86. The topological polar surface area (TPSA) is 67.7 Å². The first-order valence-corrected chi connectivity index (χ1v) is 14.7. The molecule has 40 heavy (non-hydrogen) atoms. The summed E-state index contributed by atoms with van der Waals surface area (Å²) < 4.78 is 6.42. The predicted molar refractivity (Wildman–Crippen MR) is 163 cm³/mol. The van der Waals surface area contributed by atoms with Crippen LogP contribution in [0.1, 0.15) is 42.4 Å². The maximum atomic E-state index is 10.4. The minimum Gasteiger partial charge on any atom is -0.475 e. The molecule has 1 N–H and O–H groups in total. The van der Waals surface area contributed by atoms with E-state index in [1.807, 2.05) is 12.1 Å². The molecule has 7 nitrogen and oxygen atoms in total. The molecule has 4 aliphatic rings.